The summed E-state index contributed by atoms with van der Waals surface area (Å²) in [4.78, 5) is 21.6. The zero-order valence-corrected chi connectivity index (χ0v) is 6.79. The summed E-state index contributed by atoms with van der Waals surface area (Å²) in [5.74, 6) is -0.928. The molecule has 4 nitrogen and oxygen atoms in total. The van der Waals surface area contributed by atoms with Gasteiger partial charge >= 0.3 is 5.97 Å². The Morgan fingerprint density at radius 2 is 2.00 bits per heavy atom. The third-order valence-corrected chi connectivity index (χ3v) is 1.24. The van der Waals surface area contributed by atoms with Crippen molar-refractivity contribution in [1.82, 2.24) is 0 Å². The van der Waals surface area contributed by atoms with Crippen LogP contribution in [0.5, 0.6) is 0 Å². The fourth-order valence-corrected chi connectivity index (χ4v) is 0.583. The number of carbonyl (C=O) groups excluding carboxylic acids is 2. The van der Waals surface area contributed by atoms with E-state index in [1.165, 1.54) is 0 Å². The SMILES string of the molecule is CCOC(=O)[C@@H](N)C(=O)CC. The molecule has 0 bridgehead atoms. The fourth-order valence-electron chi connectivity index (χ4n) is 0.583. The Balaban J connectivity index is 3.91. The van der Waals surface area contributed by atoms with Gasteiger partial charge in [-0.3, -0.25) is 4.79 Å². The third kappa shape index (κ3) is 3.13. The molecule has 0 spiro atoms. The fraction of sp³-hybridized carbons (Fsp3) is 0.714. The second kappa shape index (κ2) is 4.85. The van der Waals surface area contributed by atoms with Crippen LogP contribution in [0.3, 0.4) is 0 Å². The van der Waals surface area contributed by atoms with E-state index in [4.69, 9.17) is 5.73 Å². The Hall–Kier alpha value is -0.900. The molecule has 0 amide bonds. The molecule has 11 heavy (non-hydrogen) atoms. The summed E-state index contributed by atoms with van der Waals surface area (Å²) in [6.07, 6.45) is 0.264. The number of esters is 1. The number of hydrogen-bond acceptors (Lipinski definition) is 4. The summed E-state index contributed by atoms with van der Waals surface area (Å²) in [7, 11) is 0. The number of hydrogen-bond donors (Lipinski definition) is 1. The number of rotatable bonds is 4. The van der Waals surface area contributed by atoms with Gasteiger partial charge in [-0.05, 0) is 6.92 Å². The Bertz CT molecular complexity index is 156. The van der Waals surface area contributed by atoms with E-state index in [1.54, 1.807) is 13.8 Å². The van der Waals surface area contributed by atoms with Crippen LogP contribution in [0.15, 0.2) is 0 Å². The van der Waals surface area contributed by atoms with Gasteiger partial charge in [-0.25, -0.2) is 4.79 Å². The first kappa shape index (κ1) is 10.1. The van der Waals surface area contributed by atoms with Crippen LogP contribution in [-0.4, -0.2) is 24.4 Å². The van der Waals surface area contributed by atoms with E-state index in [2.05, 4.69) is 4.74 Å². The quantitative estimate of drug-likeness (QED) is 0.457. The standard InChI is InChI=1S/C7H13NO3/c1-3-5(9)6(8)7(10)11-4-2/h6H,3-4,8H2,1-2H3/t6-/m0/s1. The van der Waals surface area contributed by atoms with Gasteiger partial charge in [-0.2, -0.15) is 0 Å². The van der Waals surface area contributed by atoms with Crippen LogP contribution in [0.1, 0.15) is 20.3 Å². The van der Waals surface area contributed by atoms with E-state index in [0.717, 1.165) is 0 Å². The summed E-state index contributed by atoms with van der Waals surface area (Å²) in [5, 5.41) is 0. The Morgan fingerprint density at radius 1 is 1.45 bits per heavy atom. The van der Waals surface area contributed by atoms with Crippen molar-refractivity contribution in [2.75, 3.05) is 6.61 Å². The normalized spacial score (nSPS) is 12.3. The average Bonchev–Trinajstić information content (AvgIpc) is 2.02. The molecule has 0 saturated heterocycles. The number of nitrogens with two attached hydrogens (primary N) is 1. The highest BCUT2D eigenvalue weighted by atomic mass is 16.5. The summed E-state index contributed by atoms with van der Waals surface area (Å²) in [6, 6.07) is -1.10. The minimum atomic E-state index is -1.10. The third-order valence-electron chi connectivity index (χ3n) is 1.24. The molecule has 0 radical (unpaired) electrons. The van der Waals surface area contributed by atoms with Crippen LogP contribution < -0.4 is 5.73 Å². The molecule has 0 aliphatic rings. The molecule has 0 aliphatic heterocycles. The van der Waals surface area contributed by atoms with E-state index in [1.807, 2.05) is 0 Å². The molecule has 2 N–H and O–H groups in total. The zero-order valence-electron chi connectivity index (χ0n) is 6.79. The molecule has 0 saturated carbocycles. The minimum Gasteiger partial charge on any atom is -0.464 e. The summed E-state index contributed by atoms with van der Waals surface area (Å²) in [5.41, 5.74) is 5.23. The summed E-state index contributed by atoms with van der Waals surface area (Å²) < 4.78 is 4.54. The smallest absolute Gasteiger partial charge is 0.330 e. The lowest BCUT2D eigenvalue weighted by molar-refractivity contribution is -0.147. The Morgan fingerprint density at radius 3 is 2.36 bits per heavy atom. The molecular formula is C7H13NO3. The summed E-state index contributed by atoms with van der Waals surface area (Å²) >= 11 is 0. The van der Waals surface area contributed by atoms with Crippen LogP contribution in [0.25, 0.3) is 0 Å². The molecule has 0 rings (SSSR count). The highest BCUT2D eigenvalue weighted by Crippen LogP contribution is 1.91. The molecule has 1 atom stereocenters. The monoisotopic (exact) mass is 159 g/mol. The molecule has 0 unspecified atom stereocenters. The molecule has 0 aromatic carbocycles. The number of ketones is 1. The minimum absolute atomic E-state index is 0.253. The van der Waals surface area contributed by atoms with Crippen molar-refractivity contribution in [3.8, 4) is 0 Å². The van der Waals surface area contributed by atoms with Crippen LogP contribution in [0.4, 0.5) is 0 Å². The van der Waals surface area contributed by atoms with Crippen molar-refractivity contribution in [3.63, 3.8) is 0 Å². The second-order valence-corrected chi connectivity index (χ2v) is 2.05. The maximum Gasteiger partial charge on any atom is 0.330 e. The predicted octanol–water partition coefficient (Wildman–Crippen LogP) is -0.144. The summed E-state index contributed by atoms with van der Waals surface area (Å²) in [6.45, 7) is 3.58. The lowest BCUT2D eigenvalue weighted by Crippen LogP contribution is -2.39. The van der Waals surface area contributed by atoms with E-state index in [9.17, 15) is 9.59 Å². The maximum atomic E-state index is 10.8. The first-order valence-corrected chi connectivity index (χ1v) is 3.58. The van der Waals surface area contributed by atoms with Gasteiger partial charge in [0.05, 0.1) is 6.61 Å². The van der Waals surface area contributed by atoms with Gasteiger partial charge in [0.25, 0.3) is 0 Å². The van der Waals surface area contributed by atoms with Gasteiger partial charge < -0.3 is 10.5 Å². The van der Waals surface area contributed by atoms with Crippen LogP contribution in [-0.2, 0) is 14.3 Å². The number of Topliss-reactive ketones (excluding diaryl/α,β-unsaturated/α-hetero) is 1. The molecule has 4 heteroatoms. The highest BCUT2D eigenvalue weighted by Gasteiger charge is 2.20. The molecule has 64 valence electrons. The lowest BCUT2D eigenvalue weighted by Gasteiger charge is -2.06. The van der Waals surface area contributed by atoms with Crippen molar-refractivity contribution in [2.45, 2.75) is 26.3 Å². The van der Waals surface area contributed by atoms with Crippen molar-refractivity contribution in [1.29, 1.82) is 0 Å². The molecule has 0 aromatic rings. The Kier molecular flexibility index (Phi) is 4.45. The molecule has 0 aliphatic carbocycles. The van der Waals surface area contributed by atoms with Crippen molar-refractivity contribution in [3.05, 3.63) is 0 Å². The molecule has 0 heterocycles. The van der Waals surface area contributed by atoms with Crippen LogP contribution >= 0.6 is 0 Å². The van der Waals surface area contributed by atoms with Gasteiger partial charge in [0.1, 0.15) is 0 Å². The van der Waals surface area contributed by atoms with Crippen molar-refractivity contribution >= 4 is 11.8 Å². The van der Waals surface area contributed by atoms with Crippen molar-refractivity contribution in [2.24, 2.45) is 5.73 Å². The van der Waals surface area contributed by atoms with Gasteiger partial charge in [-0.15, -0.1) is 0 Å². The molecule has 0 aromatic heterocycles. The van der Waals surface area contributed by atoms with E-state index >= 15 is 0 Å². The average molecular weight is 159 g/mol. The predicted molar refractivity (Wildman–Crippen MR) is 39.9 cm³/mol. The van der Waals surface area contributed by atoms with Gasteiger partial charge in [0, 0.05) is 6.42 Å². The van der Waals surface area contributed by atoms with E-state index in [-0.39, 0.29) is 18.8 Å². The first-order valence-electron chi connectivity index (χ1n) is 3.58. The first-order chi connectivity index (χ1) is 5.13. The van der Waals surface area contributed by atoms with Gasteiger partial charge in [0.2, 0.25) is 0 Å². The van der Waals surface area contributed by atoms with Crippen molar-refractivity contribution < 1.29 is 14.3 Å². The zero-order chi connectivity index (χ0) is 8.85. The Labute approximate surface area is 65.7 Å². The molecule has 0 fully saturated rings. The maximum absolute atomic E-state index is 10.8. The van der Waals surface area contributed by atoms with E-state index in [0.29, 0.717) is 0 Å². The van der Waals surface area contributed by atoms with Crippen LogP contribution in [0.2, 0.25) is 0 Å². The van der Waals surface area contributed by atoms with Gasteiger partial charge in [-0.1, -0.05) is 6.92 Å². The van der Waals surface area contributed by atoms with E-state index < -0.39 is 12.0 Å². The number of carbonyl (C=O) groups is 2. The molecular weight excluding hydrogens is 146 g/mol. The van der Waals surface area contributed by atoms with Gasteiger partial charge in [0.15, 0.2) is 11.8 Å². The topological polar surface area (TPSA) is 69.4 Å². The van der Waals surface area contributed by atoms with Crippen LogP contribution in [0, 0.1) is 0 Å². The lowest BCUT2D eigenvalue weighted by atomic mass is 10.1. The highest BCUT2D eigenvalue weighted by molar-refractivity contribution is 6.02. The largest absolute Gasteiger partial charge is 0.464 e. The second-order valence-electron chi connectivity index (χ2n) is 2.05. The number of ether oxygens (including phenoxy) is 1.